The fourth-order valence-electron chi connectivity index (χ4n) is 2.13. The number of fused-ring (bicyclic) bond motifs is 1. The molecular weight excluding hydrogens is 304 g/mol. The van der Waals surface area contributed by atoms with Gasteiger partial charge in [0.25, 0.3) is 0 Å². The fourth-order valence-corrected chi connectivity index (χ4v) is 2.40. The van der Waals surface area contributed by atoms with Crippen LogP contribution in [0.3, 0.4) is 0 Å². The normalized spacial score (nSPS) is 12.7. The van der Waals surface area contributed by atoms with Crippen molar-refractivity contribution in [2.24, 2.45) is 0 Å². The molecule has 0 amide bonds. The van der Waals surface area contributed by atoms with Crippen LogP contribution >= 0.6 is 15.9 Å². The molecule has 0 aliphatic carbocycles. The quantitative estimate of drug-likeness (QED) is 0.802. The molecule has 1 N–H and O–H groups in total. The predicted octanol–water partition coefficient (Wildman–Crippen LogP) is 3.53. The zero-order valence-electron chi connectivity index (χ0n) is 10.2. The Balaban J connectivity index is 1.86. The van der Waals surface area contributed by atoms with Gasteiger partial charge in [-0.2, -0.15) is 0 Å². The molecule has 0 aliphatic heterocycles. The lowest BCUT2D eigenvalue weighted by molar-refractivity contribution is 0.158. The van der Waals surface area contributed by atoms with Gasteiger partial charge in [-0.25, -0.2) is 4.98 Å². The van der Waals surface area contributed by atoms with Gasteiger partial charge in [0.15, 0.2) is 0 Å². The molecular formula is C15H13BrN2O. The highest BCUT2D eigenvalue weighted by molar-refractivity contribution is 9.10. The summed E-state index contributed by atoms with van der Waals surface area (Å²) in [5, 5.41) is 10.3. The van der Waals surface area contributed by atoms with Crippen LogP contribution in [0.5, 0.6) is 0 Å². The van der Waals surface area contributed by atoms with E-state index in [0.29, 0.717) is 6.54 Å². The molecule has 3 nitrogen and oxygen atoms in total. The highest BCUT2D eigenvalue weighted by Crippen LogP contribution is 2.20. The van der Waals surface area contributed by atoms with Crippen LogP contribution in [-0.2, 0) is 6.54 Å². The van der Waals surface area contributed by atoms with Crippen LogP contribution in [0.4, 0.5) is 0 Å². The number of imidazole rings is 1. The molecule has 1 heterocycles. The third-order valence-corrected chi connectivity index (χ3v) is 3.68. The number of hydrogen-bond acceptors (Lipinski definition) is 2. The number of benzene rings is 2. The maximum atomic E-state index is 10.3. The van der Waals surface area contributed by atoms with Crippen molar-refractivity contribution in [3.05, 3.63) is 64.9 Å². The van der Waals surface area contributed by atoms with Gasteiger partial charge in [0.1, 0.15) is 0 Å². The van der Waals surface area contributed by atoms with Crippen molar-refractivity contribution in [3.63, 3.8) is 0 Å². The number of rotatable bonds is 3. The van der Waals surface area contributed by atoms with E-state index in [1.165, 1.54) is 0 Å². The standard InChI is InChI=1S/C15H13BrN2O/c16-12-7-5-11(6-8-12)15(19)9-18-10-17-13-3-1-2-4-14(13)18/h1-8,10,15,19H,9H2/t15-/m0/s1. The van der Waals surface area contributed by atoms with Gasteiger partial charge in [0.2, 0.25) is 0 Å². The maximum Gasteiger partial charge on any atom is 0.0969 e. The van der Waals surface area contributed by atoms with Crippen LogP contribution in [0.2, 0.25) is 0 Å². The van der Waals surface area contributed by atoms with Gasteiger partial charge < -0.3 is 9.67 Å². The van der Waals surface area contributed by atoms with Gasteiger partial charge in [-0.05, 0) is 29.8 Å². The second-order valence-corrected chi connectivity index (χ2v) is 5.37. The summed E-state index contributed by atoms with van der Waals surface area (Å²) >= 11 is 3.39. The summed E-state index contributed by atoms with van der Waals surface area (Å²) in [5.41, 5.74) is 2.89. The Kier molecular flexibility index (Phi) is 3.36. The Labute approximate surface area is 119 Å². The molecule has 0 unspecified atom stereocenters. The van der Waals surface area contributed by atoms with Crippen molar-refractivity contribution in [1.82, 2.24) is 9.55 Å². The predicted molar refractivity (Wildman–Crippen MR) is 78.8 cm³/mol. The highest BCUT2D eigenvalue weighted by atomic mass is 79.9. The average molecular weight is 317 g/mol. The van der Waals surface area contributed by atoms with E-state index >= 15 is 0 Å². The van der Waals surface area contributed by atoms with Crippen molar-refractivity contribution < 1.29 is 5.11 Å². The van der Waals surface area contributed by atoms with E-state index in [1.807, 2.05) is 53.1 Å². The monoisotopic (exact) mass is 316 g/mol. The summed E-state index contributed by atoms with van der Waals surface area (Å²) in [5.74, 6) is 0. The van der Waals surface area contributed by atoms with Gasteiger partial charge in [0, 0.05) is 4.47 Å². The van der Waals surface area contributed by atoms with E-state index in [2.05, 4.69) is 20.9 Å². The molecule has 96 valence electrons. The van der Waals surface area contributed by atoms with Crippen molar-refractivity contribution in [2.75, 3.05) is 0 Å². The van der Waals surface area contributed by atoms with Crippen LogP contribution < -0.4 is 0 Å². The Morgan fingerprint density at radius 2 is 1.84 bits per heavy atom. The molecule has 4 heteroatoms. The second kappa shape index (κ2) is 5.15. The average Bonchev–Trinajstić information content (AvgIpc) is 2.83. The van der Waals surface area contributed by atoms with Gasteiger partial charge in [-0.1, -0.05) is 40.2 Å². The molecule has 2 aromatic carbocycles. The van der Waals surface area contributed by atoms with E-state index in [9.17, 15) is 5.11 Å². The zero-order valence-corrected chi connectivity index (χ0v) is 11.8. The molecule has 19 heavy (non-hydrogen) atoms. The number of para-hydroxylation sites is 2. The molecule has 1 aromatic heterocycles. The Hall–Kier alpha value is -1.65. The smallest absolute Gasteiger partial charge is 0.0969 e. The third kappa shape index (κ3) is 2.55. The maximum absolute atomic E-state index is 10.3. The first-order valence-electron chi connectivity index (χ1n) is 6.07. The first-order chi connectivity index (χ1) is 9.24. The number of aliphatic hydroxyl groups is 1. The molecule has 0 radical (unpaired) electrons. The molecule has 0 saturated carbocycles. The zero-order chi connectivity index (χ0) is 13.2. The largest absolute Gasteiger partial charge is 0.387 e. The van der Waals surface area contributed by atoms with Gasteiger partial charge in [-0.3, -0.25) is 0 Å². The van der Waals surface area contributed by atoms with Gasteiger partial charge in [0.05, 0.1) is 30.0 Å². The Bertz CT molecular complexity index is 691. The van der Waals surface area contributed by atoms with Crippen molar-refractivity contribution >= 4 is 27.0 Å². The fraction of sp³-hybridized carbons (Fsp3) is 0.133. The molecule has 0 aliphatic rings. The lowest BCUT2D eigenvalue weighted by atomic mass is 10.1. The third-order valence-electron chi connectivity index (χ3n) is 3.15. The van der Waals surface area contributed by atoms with Gasteiger partial charge in [-0.15, -0.1) is 0 Å². The van der Waals surface area contributed by atoms with Crippen LogP contribution in [-0.4, -0.2) is 14.7 Å². The molecule has 3 aromatic rings. The summed E-state index contributed by atoms with van der Waals surface area (Å²) < 4.78 is 2.98. The molecule has 3 rings (SSSR count). The number of aromatic nitrogens is 2. The van der Waals surface area contributed by atoms with Gasteiger partial charge >= 0.3 is 0 Å². The lowest BCUT2D eigenvalue weighted by Crippen LogP contribution is -2.07. The van der Waals surface area contributed by atoms with Crippen LogP contribution in [0.25, 0.3) is 11.0 Å². The summed E-state index contributed by atoms with van der Waals surface area (Å²) in [6.45, 7) is 0.502. The van der Waals surface area contributed by atoms with E-state index in [4.69, 9.17) is 0 Å². The van der Waals surface area contributed by atoms with Crippen molar-refractivity contribution in [1.29, 1.82) is 0 Å². The molecule has 0 fully saturated rings. The topological polar surface area (TPSA) is 38.0 Å². The summed E-state index contributed by atoms with van der Waals surface area (Å²) in [4.78, 5) is 4.32. The van der Waals surface area contributed by atoms with Crippen LogP contribution in [0.15, 0.2) is 59.3 Å². The Morgan fingerprint density at radius 3 is 2.63 bits per heavy atom. The molecule has 0 saturated heterocycles. The molecule has 0 bridgehead atoms. The summed E-state index contributed by atoms with van der Waals surface area (Å²) in [6, 6.07) is 15.6. The summed E-state index contributed by atoms with van der Waals surface area (Å²) in [7, 11) is 0. The number of halogens is 1. The van der Waals surface area contributed by atoms with E-state index in [0.717, 1.165) is 21.1 Å². The minimum Gasteiger partial charge on any atom is -0.387 e. The summed E-state index contributed by atoms with van der Waals surface area (Å²) in [6.07, 6.45) is 1.23. The van der Waals surface area contributed by atoms with Crippen LogP contribution in [0, 0.1) is 0 Å². The minimum atomic E-state index is -0.536. The SMILES string of the molecule is O[C@@H](Cn1cnc2ccccc21)c1ccc(Br)cc1. The van der Waals surface area contributed by atoms with E-state index < -0.39 is 6.10 Å². The van der Waals surface area contributed by atoms with Crippen LogP contribution in [0.1, 0.15) is 11.7 Å². The first kappa shape index (κ1) is 12.4. The van der Waals surface area contributed by atoms with E-state index in [-0.39, 0.29) is 0 Å². The molecule has 0 spiro atoms. The van der Waals surface area contributed by atoms with Crippen molar-refractivity contribution in [2.45, 2.75) is 12.6 Å². The lowest BCUT2D eigenvalue weighted by Gasteiger charge is -2.12. The molecule has 1 atom stereocenters. The number of hydrogen-bond donors (Lipinski definition) is 1. The second-order valence-electron chi connectivity index (χ2n) is 4.45. The number of nitrogens with zero attached hydrogens (tertiary/aromatic N) is 2. The van der Waals surface area contributed by atoms with Crippen molar-refractivity contribution in [3.8, 4) is 0 Å². The first-order valence-corrected chi connectivity index (χ1v) is 6.87. The Morgan fingerprint density at radius 1 is 1.11 bits per heavy atom. The number of aliphatic hydroxyl groups excluding tert-OH is 1. The van der Waals surface area contributed by atoms with E-state index in [1.54, 1.807) is 6.33 Å². The minimum absolute atomic E-state index is 0.502. The highest BCUT2D eigenvalue weighted by Gasteiger charge is 2.10.